The largest absolute Gasteiger partial charge is 0.490 e. The Morgan fingerprint density at radius 2 is 1.85 bits per heavy atom. The molecule has 144 valence electrons. The summed E-state index contributed by atoms with van der Waals surface area (Å²) in [5, 5.41) is 7.12. The van der Waals surface area contributed by atoms with Crippen molar-refractivity contribution in [2.45, 2.75) is 31.9 Å². The van der Waals surface area contributed by atoms with Crippen molar-refractivity contribution in [3.63, 3.8) is 0 Å². The van der Waals surface area contributed by atoms with Crippen LogP contribution in [0.5, 0.6) is 0 Å². The van der Waals surface area contributed by atoms with E-state index in [4.69, 9.17) is 25.1 Å². The number of carbonyl (C=O) groups excluding carboxylic acids is 1. The second-order valence-electron chi connectivity index (χ2n) is 4.71. The Kier molecular flexibility index (Phi) is 11.6. The highest BCUT2D eigenvalue weighted by Crippen LogP contribution is 2.13. The molecule has 0 unspecified atom stereocenters. The van der Waals surface area contributed by atoms with E-state index in [0.717, 1.165) is 5.56 Å². The van der Waals surface area contributed by atoms with E-state index in [1.807, 2.05) is 52.9 Å². The van der Waals surface area contributed by atoms with Crippen LogP contribution < -0.4 is 5.73 Å². The third kappa shape index (κ3) is 10.9. The molecule has 0 aliphatic rings. The summed E-state index contributed by atoms with van der Waals surface area (Å²) >= 11 is 1.88. The summed E-state index contributed by atoms with van der Waals surface area (Å²) in [4.78, 5) is 20.5. The Hall–Kier alpha value is -1.84. The van der Waals surface area contributed by atoms with Gasteiger partial charge in [-0.2, -0.15) is 13.2 Å². The Morgan fingerprint density at radius 3 is 2.31 bits per heavy atom. The standard InChI is InChI=1S/C14H16INO3.C2HF3O2/c1-11(13(16)14(17)18-9-5-8-15)19-10-12-6-3-2-4-7-12;3-2(4,5)1(6)7/h2-4,6-7,11,13H,9-10,16H2,1H3;(H,6,7)/t11-,13+;/m1./s1. The first-order valence-electron chi connectivity index (χ1n) is 7.06. The summed E-state index contributed by atoms with van der Waals surface area (Å²) in [6.45, 7) is 2.22. The summed E-state index contributed by atoms with van der Waals surface area (Å²) in [5.41, 5.74) is 6.79. The number of rotatable bonds is 6. The molecule has 1 aromatic rings. The topological polar surface area (TPSA) is 98.9 Å². The quantitative estimate of drug-likeness (QED) is 0.364. The average Bonchev–Trinajstić information content (AvgIpc) is 2.59. The van der Waals surface area contributed by atoms with Crippen molar-refractivity contribution in [2.24, 2.45) is 5.73 Å². The minimum atomic E-state index is -5.08. The number of halogens is 4. The number of carboxylic acids is 1. The third-order valence-corrected chi connectivity index (χ3v) is 3.11. The molecule has 0 spiro atoms. The van der Waals surface area contributed by atoms with Gasteiger partial charge in [-0.05, 0) is 16.4 Å². The van der Waals surface area contributed by atoms with Gasteiger partial charge in [-0.15, -0.1) is 0 Å². The molecule has 1 rings (SSSR count). The summed E-state index contributed by atoms with van der Waals surface area (Å²) in [6, 6.07) is 8.89. The number of nitrogens with two attached hydrogens (primary N) is 1. The maximum Gasteiger partial charge on any atom is 0.490 e. The molecule has 3 N–H and O–H groups in total. The molecule has 0 bridgehead atoms. The molecule has 0 amide bonds. The van der Waals surface area contributed by atoms with Crippen molar-refractivity contribution in [1.29, 1.82) is 0 Å². The van der Waals surface area contributed by atoms with Gasteiger partial charge < -0.3 is 20.3 Å². The normalized spacial score (nSPS) is 12.5. The molecule has 1 aromatic carbocycles. The van der Waals surface area contributed by atoms with Gasteiger partial charge in [0.25, 0.3) is 0 Å². The van der Waals surface area contributed by atoms with Crippen molar-refractivity contribution in [2.75, 3.05) is 6.61 Å². The number of benzene rings is 1. The molecule has 0 saturated carbocycles. The number of alkyl halides is 3. The Bertz CT molecular complexity index is 628. The van der Waals surface area contributed by atoms with Gasteiger partial charge in [-0.1, -0.05) is 36.3 Å². The summed E-state index contributed by atoms with van der Waals surface area (Å²) in [7, 11) is 0. The molecule has 0 aliphatic carbocycles. The zero-order chi connectivity index (χ0) is 20.2. The van der Waals surface area contributed by atoms with E-state index in [1.165, 1.54) is 0 Å². The van der Waals surface area contributed by atoms with Crippen LogP contribution >= 0.6 is 22.6 Å². The lowest BCUT2D eigenvalue weighted by atomic mass is 10.2. The lowest BCUT2D eigenvalue weighted by Crippen LogP contribution is -2.42. The number of aliphatic carboxylic acids is 1. The lowest BCUT2D eigenvalue weighted by molar-refractivity contribution is -0.192. The van der Waals surface area contributed by atoms with Gasteiger partial charge in [0.15, 0.2) is 6.61 Å². The number of hydrogen-bond acceptors (Lipinski definition) is 5. The fourth-order valence-electron chi connectivity index (χ4n) is 1.33. The first-order valence-corrected chi connectivity index (χ1v) is 8.13. The van der Waals surface area contributed by atoms with Crippen LogP contribution in [0.3, 0.4) is 0 Å². The van der Waals surface area contributed by atoms with Crippen LogP contribution in [0.4, 0.5) is 13.2 Å². The average molecular weight is 487 g/mol. The highest BCUT2D eigenvalue weighted by molar-refractivity contribution is 14.1. The van der Waals surface area contributed by atoms with E-state index in [1.54, 1.807) is 6.92 Å². The maximum absolute atomic E-state index is 11.6. The molecule has 10 heteroatoms. The van der Waals surface area contributed by atoms with Gasteiger partial charge in [0, 0.05) is 22.6 Å². The summed E-state index contributed by atoms with van der Waals surface area (Å²) in [5.74, 6) is -0.629. The molecule has 0 fully saturated rings. The highest BCUT2D eigenvalue weighted by Gasteiger charge is 2.38. The minimum absolute atomic E-state index is 0.0564. The Morgan fingerprint density at radius 1 is 1.31 bits per heavy atom. The van der Waals surface area contributed by atoms with Crippen molar-refractivity contribution >= 4 is 34.5 Å². The molecular weight excluding hydrogens is 470 g/mol. The molecule has 0 saturated heterocycles. The lowest BCUT2D eigenvalue weighted by Gasteiger charge is -2.18. The predicted molar refractivity (Wildman–Crippen MR) is 95.1 cm³/mol. The minimum Gasteiger partial charge on any atom is -0.475 e. The van der Waals surface area contributed by atoms with Crippen LogP contribution in [0, 0.1) is 9.85 Å². The smallest absolute Gasteiger partial charge is 0.475 e. The van der Waals surface area contributed by atoms with Crippen LogP contribution in [0.1, 0.15) is 12.5 Å². The van der Waals surface area contributed by atoms with E-state index in [-0.39, 0.29) is 6.61 Å². The van der Waals surface area contributed by atoms with Crippen molar-refractivity contribution in [1.82, 2.24) is 0 Å². The second kappa shape index (κ2) is 12.5. The van der Waals surface area contributed by atoms with Crippen molar-refractivity contribution < 1.29 is 37.3 Å². The van der Waals surface area contributed by atoms with Gasteiger partial charge in [-0.25, -0.2) is 4.79 Å². The first-order chi connectivity index (χ1) is 12.1. The first kappa shape index (κ1) is 24.2. The Balaban J connectivity index is 0.000000758. The number of ether oxygens (including phenoxy) is 2. The summed E-state index contributed by atoms with van der Waals surface area (Å²) < 4.78 is 44.8. The fraction of sp³-hybridized carbons (Fsp3) is 0.375. The van der Waals surface area contributed by atoms with E-state index in [0.29, 0.717) is 6.61 Å². The predicted octanol–water partition coefficient (Wildman–Crippen LogP) is 2.49. The van der Waals surface area contributed by atoms with Crippen LogP contribution in [0.15, 0.2) is 30.3 Å². The van der Waals surface area contributed by atoms with Crippen molar-refractivity contribution in [3.05, 3.63) is 35.9 Å². The molecule has 26 heavy (non-hydrogen) atoms. The highest BCUT2D eigenvalue weighted by atomic mass is 127. The van der Waals surface area contributed by atoms with Crippen LogP contribution in [0.25, 0.3) is 0 Å². The zero-order valence-corrected chi connectivity index (χ0v) is 15.8. The number of hydrogen-bond donors (Lipinski definition) is 2. The molecule has 0 aliphatic heterocycles. The van der Waals surface area contributed by atoms with E-state index >= 15 is 0 Å². The number of esters is 1. The van der Waals surface area contributed by atoms with E-state index in [9.17, 15) is 18.0 Å². The van der Waals surface area contributed by atoms with Crippen LogP contribution in [-0.4, -0.2) is 42.0 Å². The SMILES string of the molecule is C[C@@H](OCc1ccccc1)[C@H](N)C(=O)OCC#CI.O=C(O)C(F)(F)F. The molecule has 0 heterocycles. The second-order valence-corrected chi connectivity index (χ2v) is 5.25. The molecular formula is C16H17F3INO5. The maximum atomic E-state index is 11.6. The van der Waals surface area contributed by atoms with E-state index in [2.05, 4.69) is 9.85 Å². The number of carbonyl (C=O) groups is 2. The van der Waals surface area contributed by atoms with Gasteiger partial charge in [0.2, 0.25) is 0 Å². The molecule has 2 atom stereocenters. The van der Waals surface area contributed by atoms with Gasteiger partial charge in [0.05, 0.1) is 12.7 Å². The van der Waals surface area contributed by atoms with Crippen molar-refractivity contribution in [3.8, 4) is 9.85 Å². The third-order valence-electron chi connectivity index (χ3n) is 2.73. The molecule has 0 aromatic heterocycles. The molecule has 0 radical (unpaired) electrons. The zero-order valence-electron chi connectivity index (χ0n) is 13.6. The van der Waals surface area contributed by atoms with Crippen LogP contribution in [0.2, 0.25) is 0 Å². The van der Waals surface area contributed by atoms with Gasteiger partial charge >= 0.3 is 18.1 Å². The fourth-order valence-corrected chi connectivity index (χ4v) is 1.48. The molecule has 6 nitrogen and oxygen atoms in total. The monoisotopic (exact) mass is 487 g/mol. The van der Waals surface area contributed by atoms with Crippen LogP contribution in [-0.2, 0) is 25.7 Å². The number of carboxylic acid groups (broad SMARTS) is 1. The van der Waals surface area contributed by atoms with Gasteiger partial charge in [-0.3, -0.25) is 4.79 Å². The van der Waals surface area contributed by atoms with Gasteiger partial charge in [0.1, 0.15) is 6.04 Å². The summed E-state index contributed by atoms with van der Waals surface area (Å²) in [6.07, 6.45) is -5.50. The van der Waals surface area contributed by atoms with E-state index < -0.39 is 30.3 Å². The Labute approximate surface area is 162 Å².